The minimum atomic E-state index is 0.165. The third kappa shape index (κ3) is 1.27. The first-order valence-corrected chi connectivity index (χ1v) is 4.68. The van der Waals surface area contributed by atoms with Crippen molar-refractivity contribution in [2.45, 2.75) is 31.2 Å². The lowest BCUT2D eigenvalue weighted by atomic mass is 10.0. The van der Waals surface area contributed by atoms with E-state index >= 15 is 0 Å². The van der Waals surface area contributed by atoms with Crippen molar-refractivity contribution < 1.29 is 13.7 Å². The molecule has 0 amide bonds. The van der Waals surface area contributed by atoms with Crippen molar-refractivity contribution in [2.75, 3.05) is 13.7 Å². The van der Waals surface area contributed by atoms with Gasteiger partial charge in [0.25, 0.3) is 0 Å². The SMILES string of the molecule is COC1CCC2C(OS)COC12. The first-order chi connectivity index (χ1) is 5.86. The van der Waals surface area contributed by atoms with Gasteiger partial charge in [0.05, 0.1) is 18.8 Å². The predicted octanol–water partition coefficient (Wildman–Crippen LogP) is 1.04. The summed E-state index contributed by atoms with van der Waals surface area (Å²) in [6, 6.07) is 0. The largest absolute Gasteiger partial charge is 0.379 e. The molecule has 1 saturated heterocycles. The van der Waals surface area contributed by atoms with Crippen molar-refractivity contribution in [2.24, 2.45) is 5.92 Å². The number of thiol groups is 1. The van der Waals surface area contributed by atoms with E-state index in [9.17, 15) is 0 Å². The summed E-state index contributed by atoms with van der Waals surface area (Å²) < 4.78 is 15.9. The van der Waals surface area contributed by atoms with Crippen LogP contribution in [0.25, 0.3) is 0 Å². The molecule has 0 aromatic heterocycles. The fourth-order valence-corrected chi connectivity index (χ4v) is 2.50. The van der Waals surface area contributed by atoms with Gasteiger partial charge in [-0.2, -0.15) is 0 Å². The van der Waals surface area contributed by atoms with Crippen molar-refractivity contribution >= 4 is 12.9 Å². The van der Waals surface area contributed by atoms with Crippen LogP contribution in [0.15, 0.2) is 0 Å². The van der Waals surface area contributed by atoms with Crippen molar-refractivity contribution in [1.29, 1.82) is 0 Å². The topological polar surface area (TPSA) is 27.7 Å². The molecule has 0 aromatic rings. The number of hydrogen-bond acceptors (Lipinski definition) is 4. The van der Waals surface area contributed by atoms with Gasteiger partial charge in [-0.15, -0.1) is 0 Å². The van der Waals surface area contributed by atoms with Crippen LogP contribution in [0.4, 0.5) is 0 Å². The van der Waals surface area contributed by atoms with Crippen molar-refractivity contribution in [3.63, 3.8) is 0 Å². The summed E-state index contributed by atoms with van der Waals surface area (Å²) in [6.45, 7) is 0.665. The smallest absolute Gasteiger partial charge is 0.101 e. The maximum Gasteiger partial charge on any atom is 0.101 e. The fraction of sp³-hybridized carbons (Fsp3) is 1.00. The van der Waals surface area contributed by atoms with E-state index in [1.807, 2.05) is 0 Å². The molecule has 2 aliphatic rings. The van der Waals surface area contributed by atoms with Crippen LogP contribution in [-0.2, 0) is 13.7 Å². The number of methoxy groups -OCH3 is 1. The first-order valence-electron chi connectivity index (χ1n) is 4.31. The minimum absolute atomic E-state index is 0.165. The summed E-state index contributed by atoms with van der Waals surface area (Å²) in [6.07, 6.45) is 2.89. The third-order valence-corrected chi connectivity index (χ3v) is 3.21. The first kappa shape index (κ1) is 8.81. The van der Waals surface area contributed by atoms with Gasteiger partial charge in [0, 0.05) is 13.0 Å². The Morgan fingerprint density at radius 1 is 1.33 bits per heavy atom. The Hall–Kier alpha value is 0.230. The van der Waals surface area contributed by atoms with Crippen LogP contribution in [0, 0.1) is 5.92 Å². The Bertz CT molecular complexity index is 146. The highest BCUT2D eigenvalue weighted by atomic mass is 32.1. The molecular weight excluding hydrogens is 176 g/mol. The van der Waals surface area contributed by atoms with Gasteiger partial charge in [-0.05, 0) is 25.8 Å². The average molecular weight is 190 g/mol. The zero-order valence-electron chi connectivity index (χ0n) is 7.10. The fourth-order valence-electron chi connectivity index (χ4n) is 2.28. The Balaban J connectivity index is 2.01. The summed E-state index contributed by atoms with van der Waals surface area (Å²) in [5.41, 5.74) is 0. The zero-order valence-corrected chi connectivity index (χ0v) is 8.00. The van der Waals surface area contributed by atoms with E-state index in [1.54, 1.807) is 7.11 Å². The summed E-state index contributed by atoms with van der Waals surface area (Å²) in [7, 11) is 1.74. The second kappa shape index (κ2) is 3.54. The lowest BCUT2D eigenvalue weighted by molar-refractivity contribution is -0.0187. The highest BCUT2D eigenvalue weighted by Gasteiger charge is 2.46. The van der Waals surface area contributed by atoms with E-state index in [2.05, 4.69) is 12.9 Å². The summed E-state index contributed by atoms with van der Waals surface area (Å²) in [5, 5.41) is 0. The molecule has 0 bridgehead atoms. The van der Waals surface area contributed by atoms with Crippen LogP contribution in [0.1, 0.15) is 12.8 Å². The number of rotatable bonds is 2. The standard InChI is InChI=1S/C8H14O3S/c1-9-6-3-2-5-7(11-12)4-10-8(5)6/h5-8,12H,2-4H2,1H3. The molecule has 12 heavy (non-hydrogen) atoms. The van der Waals surface area contributed by atoms with Crippen LogP contribution >= 0.6 is 12.9 Å². The van der Waals surface area contributed by atoms with E-state index in [4.69, 9.17) is 13.7 Å². The van der Waals surface area contributed by atoms with Gasteiger partial charge in [-0.3, -0.25) is 0 Å². The Morgan fingerprint density at radius 2 is 2.17 bits per heavy atom. The second-order valence-electron chi connectivity index (χ2n) is 3.46. The Kier molecular flexibility index (Phi) is 2.60. The lowest BCUT2D eigenvalue weighted by Crippen LogP contribution is -2.27. The summed E-state index contributed by atoms with van der Waals surface area (Å²) in [4.78, 5) is 0. The highest BCUT2D eigenvalue weighted by molar-refractivity contribution is 7.75. The predicted molar refractivity (Wildman–Crippen MR) is 47.1 cm³/mol. The van der Waals surface area contributed by atoms with Gasteiger partial charge in [-0.1, -0.05) is 0 Å². The molecule has 4 unspecified atom stereocenters. The zero-order chi connectivity index (χ0) is 8.55. The van der Waals surface area contributed by atoms with E-state index < -0.39 is 0 Å². The second-order valence-corrected chi connectivity index (χ2v) is 3.67. The molecule has 0 radical (unpaired) electrons. The maximum absolute atomic E-state index is 5.58. The van der Waals surface area contributed by atoms with Gasteiger partial charge in [0.2, 0.25) is 0 Å². The number of ether oxygens (including phenoxy) is 2. The van der Waals surface area contributed by atoms with Crippen LogP contribution in [0.5, 0.6) is 0 Å². The normalized spacial score (nSPS) is 46.5. The molecule has 4 atom stereocenters. The van der Waals surface area contributed by atoms with Gasteiger partial charge < -0.3 is 13.7 Å². The molecule has 1 heterocycles. The molecule has 2 rings (SSSR count). The van der Waals surface area contributed by atoms with Crippen molar-refractivity contribution in [1.82, 2.24) is 0 Å². The van der Waals surface area contributed by atoms with E-state index in [0.29, 0.717) is 12.5 Å². The molecule has 4 heteroatoms. The Morgan fingerprint density at radius 3 is 2.83 bits per heavy atom. The van der Waals surface area contributed by atoms with Gasteiger partial charge in [-0.25, -0.2) is 0 Å². The maximum atomic E-state index is 5.58. The Labute approximate surface area is 78.0 Å². The van der Waals surface area contributed by atoms with Gasteiger partial charge in [0.1, 0.15) is 6.10 Å². The molecule has 1 aliphatic heterocycles. The van der Waals surface area contributed by atoms with E-state index in [0.717, 1.165) is 12.8 Å². The number of fused-ring (bicyclic) bond motifs is 1. The van der Waals surface area contributed by atoms with Crippen molar-refractivity contribution in [3.05, 3.63) is 0 Å². The molecule has 0 N–H and O–H groups in total. The molecule has 0 spiro atoms. The molecule has 2 fully saturated rings. The quantitative estimate of drug-likeness (QED) is 0.521. The molecule has 0 aromatic carbocycles. The molecular formula is C8H14O3S. The van der Waals surface area contributed by atoms with Crippen molar-refractivity contribution in [3.8, 4) is 0 Å². The van der Waals surface area contributed by atoms with Gasteiger partial charge >= 0.3 is 0 Å². The monoisotopic (exact) mass is 190 g/mol. The molecule has 1 saturated carbocycles. The van der Waals surface area contributed by atoms with Crippen LogP contribution < -0.4 is 0 Å². The lowest BCUT2D eigenvalue weighted by Gasteiger charge is -2.16. The number of hydrogen-bond donors (Lipinski definition) is 1. The van der Waals surface area contributed by atoms with Crippen LogP contribution in [-0.4, -0.2) is 32.0 Å². The summed E-state index contributed by atoms with van der Waals surface area (Å²) in [5.74, 6) is 0.493. The highest BCUT2D eigenvalue weighted by Crippen LogP contribution is 2.39. The third-order valence-electron chi connectivity index (χ3n) is 2.94. The minimum Gasteiger partial charge on any atom is -0.379 e. The molecule has 70 valence electrons. The van der Waals surface area contributed by atoms with E-state index in [1.165, 1.54) is 0 Å². The van der Waals surface area contributed by atoms with Gasteiger partial charge in [0.15, 0.2) is 0 Å². The van der Waals surface area contributed by atoms with E-state index in [-0.39, 0.29) is 18.3 Å². The average Bonchev–Trinajstić information content (AvgIpc) is 2.62. The van der Waals surface area contributed by atoms with Crippen LogP contribution in [0.2, 0.25) is 0 Å². The summed E-state index contributed by atoms with van der Waals surface area (Å²) >= 11 is 3.84. The molecule has 1 aliphatic carbocycles. The molecule has 3 nitrogen and oxygen atoms in total. The van der Waals surface area contributed by atoms with Crippen LogP contribution in [0.3, 0.4) is 0 Å².